The number of aromatic nitrogens is 6. The molecule has 0 bridgehead atoms. The Bertz CT molecular complexity index is 1530. The molecule has 4 N–H and O–H groups in total. The van der Waals surface area contributed by atoms with Gasteiger partial charge in [0.05, 0.1) is 19.3 Å². The number of nitrogens with zero attached hydrogens (tertiary/aromatic N) is 7. The summed E-state index contributed by atoms with van der Waals surface area (Å²) in [6.45, 7) is 7.48. The Balaban J connectivity index is 1.48. The Morgan fingerprint density at radius 3 is 2.65 bits per heavy atom. The number of ether oxygens (including phenoxy) is 1. The summed E-state index contributed by atoms with van der Waals surface area (Å²) in [5, 5.41) is 18.2. The largest absolute Gasteiger partial charge is 0.493 e. The predicted molar refractivity (Wildman–Crippen MR) is 139 cm³/mol. The van der Waals surface area contributed by atoms with Crippen LogP contribution in [-0.4, -0.2) is 92.5 Å². The molecule has 0 unspecified atom stereocenters. The van der Waals surface area contributed by atoms with E-state index in [0.717, 1.165) is 31.9 Å². The van der Waals surface area contributed by atoms with Crippen LogP contribution in [0.1, 0.15) is 12.6 Å². The van der Waals surface area contributed by atoms with Crippen molar-refractivity contribution < 1.29 is 9.84 Å². The number of aromatic amines is 2. The van der Waals surface area contributed by atoms with Crippen LogP contribution in [0.25, 0.3) is 11.7 Å². The van der Waals surface area contributed by atoms with Gasteiger partial charge in [0, 0.05) is 49.4 Å². The summed E-state index contributed by atoms with van der Waals surface area (Å²) in [6.07, 6.45) is 3.16. The van der Waals surface area contributed by atoms with Gasteiger partial charge in [0.1, 0.15) is 5.69 Å². The number of imidazole rings is 1. The molecule has 1 aliphatic rings. The number of fused-ring (bicyclic) bond motifs is 1. The first-order chi connectivity index (χ1) is 18.0. The number of benzene rings is 1. The average molecular weight is 507 g/mol. The summed E-state index contributed by atoms with van der Waals surface area (Å²) in [6, 6.07) is 8.17. The van der Waals surface area contributed by atoms with E-state index in [1.54, 1.807) is 12.3 Å². The molecule has 0 radical (unpaired) electrons. The number of nitrogens with one attached hydrogen (secondary N) is 3. The van der Waals surface area contributed by atoms with E-state index < -0.39 is 5.69 Å². The molecule has 0 atom stereocenters. The van der Waals surface area contributed by atoms with Crippen molar-refractivity contribution in [2.45, 2.75) is 6.92 Å². The quantitative estimate of drug-likeness (QED) is 0.239. The molecular formula is C24H30N10O3. The van der Waals surface area contributed by atoms with E-state index in [4.69, 9.17) is 4.74 Å². The topological polar surface area (TPSA) is 152 Å². The Labute approximate surface area is 212 Å². The minimum Gasteiger partial charge on any atom is -0.493 e. The van der Waals surface area contributed by atoms with Gasteiger partial charge in [0.25, 0.3) is 5.62 Å². The Morgan fingerprint density at radius 2 is 1.95 bits per heavy atom. The number of rotatable bonds is 8. The molecule has 4 aromatic rings. The Hall–Kier alpha value is -4.23. The van der Waals surface area contributed by atoms with Crippen molar-refractivity contribution in [1.82, 2.24) is 34.4 Å². The second-order valence-corrected chi connectivity index (χ2v) is 8.71. The van der Waals surface area contributed by atoms with E-state index in [9.17, 15) is 9.90 Å². The van der Waals surface area contributed by atoms with Crippen molar-refractivity contribution in [3.8, 4) is 5.88 Å². The van der Waals surface area contributed by atoms with Crippen molar-refractivity contribution in [3.63, 3.8) is 0 Å². The first kappa shape index (κ1) is 24.5. The fraction of sp³-hybridized carbons (Fsp3) is 0.375. The minimum atomic E-state index is -0.510. The molecule has 1 aromatic carbocycles. The standard InChI is InChI=1S/C24H30N10O3/c1-3-37-13-8-25-23-31-22(27-17-4-6-18(7-5-17)33-11-9-32(2)10-12-33)29-20-16(15-26-34(20)23)14-19-21(35)30-24(36)28-19/h4-7,14-15,35H,3,8-13H2,1-2H3,(H,25,27,31)(H2,28,30,36). The molecule has 1 fully saturated rings. The minimum absolute atomic E-state index is 0.224. The molecule has 13 nitrogen and oxygen atoms in total. The zero-order chi connectivity index (χ0) is 25.8. The van der Waals surface area contributed by atoms with Crippen LogP contribution in [0.4, 0.5) is 17.3 Å². The summed E-state index contributed by atoms with van der Waals surface area (Å²) in [5.41, 5.74) is 2.54. The third-order valence-electron chi connectivity index (χ3n) is 6.10. The van der Waals surface area contributed by atoms with E-state index in [0.29, 0.717) is 42.2 Å². The van der Waals surface area contributed by atoms with Crippen LogP contribution in [0, 0.1) is 0 Å². The maximum Gasteiger partial charge on any atom is 0.326 e. The van der Waals surface area contributed by atoms with E-state index in [-0.39, 0.29) is 11.6 Å². The molecule has 0 saturated carbocycles. The number of piperazine rings is 1. The number of hydrogen-bond acceptors (Lipinski definition) is 10. The molecule has 3 aromatic heterocycles. The maximum absolute atomic E-state index is 11.5. The van der Waals surface area contributed by atoms with Crippen LogP contribution in [0.5, 0.6) is 5.88 Å². The van der Waals surface area contributed by atoms with Gasteiger partial charge in [-0.2, -0.15) is 19.6 Å². The van der Waals surface area contributed by atoms with Gasteiger partial charge in [-0.15, -0.1) is 0 Å². The second-order valence-electron chi connectivity index (χ2n) is 8.71. The lowest BCUT2D eigenvalue weighted by Gasteiger charge is -2.34. The SMILES string of the molecule is CCOCCN=c1nc(Nc2ccc(N3CCN(C)CC3)cc2)nc2c(=Cc3[nH]c(=O)[nH]c3O)cnn12. The molecule has 1 saturated heterocycles. The molecular weight excluding hydrogens is 476 g/mol. The summed E-state index contributed by atoms with van der Waals surface area (Å²) < 4.78 is 6.91. The van der Waals surface area contributed by atoms with Crippen LogP contribution in [0.15, 0.2) is 40.2 Å². The highest BCUT2D eigenvalue weighted by atomic mass is 16.5. The highest BCUT2D eigenvalue weighted by Crippen LogP contribution is 2.20. The molecule has 0 spiro atoms. The fourth-order valence-electron chi connectivity index (χ4n) is 4.09. The van der Waals surface area contributed by atoms with E-state index in [1.165, 1.54) is 10.2 Å². The van der Waals surface area contributed by atoms with Gasteiger partial charge >= 0.3 is 5.69 Å². The van der Waals surface area contributed by atoms with Gasteiger partial charge in [0.2, 0.25) is 11.8 Å². The van der Waals surface area contributed by atoms with Crippen LogP contribution in [0.3, 0.4) is 0 Å². The number of anilines is 3. The number of hydrogen-bond donors (Lipinski definition) is 4. The molecule has 5 rings (SSSR count). The van der Waals surface area contributed by atoms with Gasteiger partial charge in [-0.3, -0.25) is 4.98 Å². The van der Waals surface area contributed by atoms with Crippen molar-refractivity contribution in [2.24, 2.45) is 4.99 Å². The van der Waals surface area contributed by atoms with Crippen molar-refractivity contribution in [3.05, 3.63) is 57.5 Å². The normalized spacial score (nSPS) is 15.7. The smallest absolute Gasteiger partial charge is 0.326 e. The summed E-state index contributed by atoms with van der Waals surface area (Å²) in [4.78, 5) is 34.8. The van der Waals surface area contributed by atoms with E-state index >= 15 is 0 Å². The van der Waals surface area contributed by atoms with Gasteiger partial charge in [-0.1, -0.05) is 0 Å². The van der Waals surface area contributed by atoms with Crippen LogP contribution in [-0.2, 0) is 4.74 Å². The van der Waals surface area contributed by atoms with Gasteiger partial charge in [0.15, 0.2) is 5.65 Å². The van der Waals surface area contributed by atoms with E-state index in [2.05, 4.69) is 64.3 Å². The van der Waals surface area contributed by atoms with Crippen LogP contribution < -0.4 is 26.7 Å². The molecule has 0 aliphatic carbocycles. The van der Waals surface area contributed by atoms with Crippen LogP contribution in [0.2, 0.25) is 0 Å². The first-order valence-corrected chi connectivity index (χ1v) is 12.2. The number of H-pyrrole nitrogens is 2. The third kappa shape index (κ3) is 5.62. The zero-order valence-corrected chi connectivity index (χ0v) is 20.8. The van der Waals surface area contributed by atoms with E-state index in [1.807, 2.05) is 19.1 Å². The summed E-state index contributed by atoms with van der Waals surface area (Å²) in [7, 11) is 2.14. The molecule has 13 heteroatoms. The lowest BCUT2D eigenvalue weighted by Crippen LogP contribution is -2.44. The average Bonchev–Trinajstić information content (AvgIpc) is 3.44. The molecule has 0 amide bonds. The van der Waals surface area contributed by atoms with Crippen molar-refractivity contribution in [2.75, 3.05) is 63.2 Å². The molecule has 1 aliphatic heterocycles. The Morgan fingerprint density at radius 1 is 1.16 bits per heavy atom. The lowest BCUT2D eigenvalue weighted by atomic mass is 10.2. The van der Waals surface area contributed by atoms with Gasteiger partial charge < -0.3 is 29.9 Å². The van der Waals surface area contributed by atoms with Gasteiger partial charge in [-0.25, -0.2) is 9.79 Å². The molecule has 37 heavy (non-hydrogen) atoms. The highest BCUT2D eigenvalue weighted by molar-refractivity contribution is 5.61. The molecule has 4 heterocycles. The maximum atomic E-state index is 11.5. The number of aromatic hydroxyl groups is 1. The molecule has 194 valence electrons. The van der Waals surface area contributed by atoms with Crippen molar-refractivity contribution in [1.29, 1.82) is 0 Å². The Kier molecular flexibility index (Phi) is 7.14. The third-order valence-corrected chi connectivity index (χ3v) is 6.10. The monoisotopic (exact) mass is 506 g/mol. The summed E-state index contributed by atoms with van der Waals surface area (Å²) in [5.74, 6) is 0.0794. The highest BCUT2D eigenvalue weighted by Gasteiger charge is 2.14. The van der Waals surface area contributed by atoms with Crippen molar-refractivity contribution >= 4 is 29.0 Å². The first-order valence-electron chi connectivity index (χ1n) is 12.2. The zero-order valence-electron chi connectivity index (χ0n) is 20.8. The fourth-order valence-corrected chi connectivity index (χ4v) is 4.09. The predicted octanol–water partition coefficient (Wildman–Crippen LogP) is -0.173. The summed E-state index contributed by atoms with van der Waals surface area (Å²) >= 11 is 0. The lowest BCUT2D eigenvalue weighted by molar-refractivity contribution is 0.155. The number of likely N-dealkylation sites (N-methyl/N-ethyl adjacent to an activating group) is 1. The van der Waals surface area contributed by atoms with Crippen LogP contribution >= 0.6 is 0 Å². The second kappa shape index (κ2) is 10.8. The van der Waals surface area contributed by atoms with Gasteiger partial charge in [-0.05, 0) is 44.3 Å².